The Balaban J connectivity index is 1.73. The van der Waals surface area contributed by atoms with Gasteiger partial charge in [-0.2, -0.15) is 0 Å². The second-order valence-electron chi connectivity index (χ2n) is 6.56. The van der Waals surface area contributed by atoms with Gasteiger partial charge in [0.2, 0.25) is 11.7 Å². The molecular weight excluding hydrogens is 399 g/mol. The van der Waals surface area contributed by atoms with Crippen LogP contribution in [0, 0.1) is 0 Å². The molecule has 0 aromatic carbocycles. The predicted octanol–water partition coefficient (Wildman–Crippen LogP) is 2.96. The van der Waals surface area contributed by atoms with Crippen molar-refractivity contribution in [1.82, 2.24) is 29.6 Å². The molecule has 0 aliphatic carbocycles. The molecule has 4 rings (SSSR count). The van der Waals surface area contributed by atoms with Crippen molar-refractivity contribution in [2.75, 3.05) is 20.2 Å². The summed E-state index contributed by atoms with van der Waals surface area (Å²) >= 11 is 5.94. The van der Waals surface area contributed by atoms with Gasteiger partial charge in [-0.15, -0.1) is 5.10 Å². The highest BCUT2D eigenvalue weighted by molar-refractivity contribution is 6.30. The lowest BCUT2D eigenvalue weighted by Crippen LogP contribution is -2.39. The Morgan fingerprint density at radius 3 is 2.59 bits per heavy atom. The minimum atomic E-state index is -0.872. The number of rotatable bonds is 4. The van der Waals surface area contributed by atoms with E-state index in [2.05, 4.69) is 20.1 Å². The standard InChI is InChI=1S/C19H18ClFN6O2/c1-29-16-5-3-14(11-23-16)27-18(15-4-2-12(20)10-22-15)24-17(25-27)19(28)26-8-6-13(21)7-9-26/h2-5,10-11,13H,6-9H2,1H3. The summed E-state index contributed by atoms with van der Waals surface area (Å²) < 4.78 is 20.0. The molecule has 1 aliphatic rings. The average molecular weight is 417 g/mol. The number of nitrogens with zero attached hydrogens (tertiary/aromatic N) is 6. The summed E-state index contributed by atoms with van der Waals surface area (Å²) in [5.74, 6) is 0.500. The minimum absolute atomic E-state index is 0.0184. The number of aromatic nitrogens is 5. The molecule has 0 spiro atoms. The molecule has 8 nitrogen and oxygen atoms in total. The lowest BCUT2D eigenvalue weighted by molar-refractivity contribution is 0.0655. The second kappa shape index (κ2) is 8.12. The van der Waals surface area contributed by atoms with Gasteiger partial charge >= 0.3 is 0 Å². The molecule has 10 heteroatoms. The van der Waals surface area contributed by atoms with Crippen LogP contribution in [0.25, 0.3) is 17.2 Å². The second-order valence-corrected chi connectivity index (χ2v) is 6.99. The summed E-state index contributed by atoms with van der Waals surface area (Å²) in [6.45, 7) is 0.681. The Bertz CT molecular complexity index is 1000. The van der Waals surface area contributed by atoms with Crippen LogP contribution in [0.5, 0.6) is 5.88 Å². The number of methoxy groups -OCH3 is 1. The van der Waals surface area contributed by atoms with Crippen molar-refractivity contribution in [3.63, 3.8) is 0 Å². The molecule has 1 aliphatic heterocycles. The number of carbonyl (C=O) groups is 1. The Kier molecular flexibility index (Phi) is 5.39. The molecule has 150 valence electrons. The van der Waals surface area contributed by atoms with Crippen LogP contribution in [0.15, 0.2) is 36.7 Å². The van der Waals surface area contributed by atoms with Crippen LogP contribution in [0.4, 0.5) is 4.39 Å². The number of alkyl halides is 1. The third-order valence-electron chi connectivity index (χ3n) is 4.64. The van der Waals surface area contributed by atoms with Gasteiger partial charge in [0.15, 0.2) is 5.82 Å². The number of piperidine rings is 1. The molecular formula is C19H18ClFN6O2. The van der Waals surface area contributed by atoms with E-state index in [-0.39, 0.29) is 11.7 Å². The van der Waals surface area contributed by atoms with E-state index in [0.29, 0.717) is 54.0 Å². The molecule has 29 heavy (non-hydrogen) atoms. The van der Waals surface area contributed by atoms with E-state index in [1.807, 2.05) is 0 Å². The molecule has 3 aromatic rings. The van der Waals surface area contributed by atoms with Gasteiger partial charge in [-0.25, -0.2) is 19.0 Å². The van der Waals surface area contributed by atoms with Crippen LogP contribution in [0.3, 0.4) is 0 Å². The number of likely N-dealkylation sites (tertiary alicyclic amines) is 1. The fourth-order valence-electron chi connectivity index (χ4n) is 3.07. The Morgan fingerprint density at radius 2 is 1.97 bits per heavy atom. The van der Waals surface area contributed by atoms with Crippen molar-refractivity contribution >= 4 is 17.5 Å². The highest BCUT2D eigenvalue weighted by atomic mass is 35.5. The maximum absolute atomic E-state index is 13.4. The van der Waals surface area contributed by atoms with Crippen molar-refractivity contribution in [2.24, 2.45) is 0 Å². The summed E-state index contributed by atoms with van der Waals surface area (Å²) in [6.07, 6.45) is 2.83. The number of ether oxygens (including phenoxy) is 1. The van der Waals surface area contributed by atoms with Gasteiger partial charge in [-0.3, -0.25) is 9.78 Å². The zero-order valence-electron chi connectivity index (χ0n) is 15.6. The quantitative estimate of drug-likeness (QED) is 0.650. The molecule has 1 fully saturated rings. The molecule has 4 heterocycles. The first-order valence-electron chi connectivity index (χ1n) is 9.08. The molecule has 1 saturated heterocycles. The van der Waals surface area contributed by atoms with Crippen LogP contribution in [0.1, 0.15) is 23.5 Å². The molecule has 0 N–H and O–H groups in total. The van der Waals surface area contributed by atoms with Gasteiger partial charge < -0.3 is 9.64 Å². The predicted molar refractivity (Wildman–Crippen MR) is 104 cm³/mol. The van der Waals surface area contributed by atoms with Crippen LogP contribution >= 0.6 is 11.6 Å². The first kappa shape index (κ1) is 19.3. The van der Waals surface area contributed by atoms with Gasteiger partial charge in [0.25, 0.3) is 5.91 Å². The van der Waals surface area contributed by atoms with Crippen molar-refractivity contribution < 1.29 is 13.9 Å². The number of hydrogen-bond acceptors (Lipinski definition) is 6. The average Bonchev–Trinajstić information content (AvgIpc) is 3.20. The molecule has 0 unspecified atom stereocenters. The van der Waals surface area contributed by atoms with Gasteiger partial charge in [0, 0.05) is 25.4 Å². The van der Waals surface area contributed by atoms with E-state index in [1.165, 1.54) is 18.0 Å². The summed E-state index contributed by atoms with van der Waals surface area (Å²) in [4.78, 5) is 27.3. The number of carbonyl (C=O) groups excluding carboxylic acids is 1. The lowest BCUT2D eigenvalue weighted by atomic mass is 10.1. The normalized spacial score (nSPS) is 14.8. The van der Waals surface area contributed by atoms with E-state index < -0.39 is 6.17 Å². The minimum Gasteiger partial charge on any atom is -0.481 e. The SMILES string of the molecule is COc1ccc(-n2nc(C(=O)N3CCC(F)CC3)nc2-c2ccc(Cl)cn2)cn1. The maximum atomic E-state index is 13.4. The fraction of sp³-hybridized carbons (Fsp3) is 0.316. The lowest BCUT2D eigenvalue weighted by Gasteiger charge is -2.27. The molecule has 0 atom stereocenters. The van der Waals surface area contributed by atoms with Gasteiger partial charge in [-0.1, -0.05) is 11.6 Å². The first-order chi connectivity index (χ1) is 14.0. The van der Waals surface area contributed by atoms with E-state index >= 15 is 0 Å². The van der Waals surface area contributed by atoms with Gasteiger partial charge in [0.05, 0.1) is 24.0 Å². The van der Waals surface area contributed by atoms with Crippen molar-refractivity contribution in [2.45, 2.75) is 19.0 Å². The molecule has 0 bridgehead atoms. The zero-order chi connectivity index (χ0) is 20.4. The number of halogens is 2. The van der Waals surface area contributed by atoms with E-state index in [9.17, 15) is 9.18 Å². The largest absolute Gasteiger partial charge is 0.481 e. The molecule has 0 saturated carbocycles. The Hall–Kier alpha value is -3.07. The maximum Gasteiger partial charge on any atom is 0.293 e. The number of hydrogen-bond donors (Lipinski definition) is 0. The number of amides is 1. The van der Waals surface area contributed by atoms with Crippen LogP contribution in [-0.2, 0) is 0 Å². The third kappa shape index (κ3) is 4.04. The molecule has 3 aromatic heterocycles. The van der Waals surface area contributed by atoms with E-state index in [0.717, 1.165) is 0 Å². The summed E-state index contributed by atoms with van der Waals surface area (Å²) in [7, 11) is 1.53. The first-order valence-corrected chi connectivity index (χ1v) is 9.45. The smallest absolute Gasteiger partial charge is 0.293 e. The highest BCUT2D eigenvalue weighted by Gasteiger charge is 2.27. The molecule has 0 radical (unpaired) electrons. The zero-order valence-corrected chi connectivity index (χ0v) is 16.4. The van der Waals surface area contributed by atoms with Crippen LogP contribution < -0.4 is 4.74 Å². The van der Waals surface area contributed by atoms with Crippen molar-refractivity contribution in [3.8, 4) is 23.1 Å². The van der Waals surface area contributed by atoms with Crippen LogP contribution in [0.2, 0.25) is 5.02 Å². The Labute approximate surface area is 171 Å². The number of pyridine rings is 2. The van der Waals surface area contributed by atoms with Crippen molar-refractivity contribution in [1.29, 1.82) is 0 Å². The summed E-state index contributed by atoms with van der Waals surface area (Å²) in [5, 5.41) is 4.88. The highest BCUT2D eigenvalue weighted by Crippen LogP contribution is 2.23. The van der Waals surface area contributed by atoms with E-state index in [1.54, 1.807) is 35.4 Å². The van der Waals surface area contributed by atoms with Crippen molar-refractivity contribution in [3.05, 3.63) is 47.5 Å². The summed E-state index contributed by atoms with van der Waals surface area (Å²) in [6, 6.07) is 6.82. The van der Waals surface area contributed by atoms with Gasteiger partial charge in [-0.05, 0) is 31.0 Å². The third-order valence-corrected chi connectivity index (χ3v) is 4.86. The van der Waals surface area contributed by atoms with E-state index in [4.69, 9.17) is 16.3 Å². The van der Waals surface area contributed by atoms with Gasteiger partial charge in [0.1, 0.15) is 11.9 Å². The van der Waals surface area contributed by atoms with Crippen LogP contribution in [-0.4, -0.2) is 61.9 Å². The summed E-state index contributed by atoms with van der Waals surface area (Å²) in [5.41, 5.74) is 1.09. The topological polar surface area (TPSA) is 86.0 Å². The Morgan fingerprint density at radius 1 is 1.17 bits per heavy atom. The monoisotopic (exact) mass is 416 g/mol. The molecule has 1 amide bonds. The fourth-order valence-corrected chi connectivity index (χ4v) is 3.18.